The molecule has 0 radical (unpaired) electrons. The van der Waals surface area contributed by atoms with Crippen LogP contribution in [-0.2, 0) is 4.79 Å². The second kappa shape index (κ2) is 4.36. The van der Waals surface area contributed by atoms with Gasteiger partial charge in [-0.15, -0.1) is 0 Å². The number of hydrogen-bond donors (Lipinski definition) is 1. The minimum Gasteiger partial charge on any atom is -0.481 e. The molecule has 0 amide bonds. The largest absolute Gasteiger partial charge is 0.481 e. The van der Waals surface area contributed by atoms with Crippen LogP contribution in [0.2, 0.25) is 0 Å². The lowest BCUT2D eigenvalue weighted by atomic mass is 9.41. The molecule has 0 aromatic carbocycles. The number of carboxylic acids is 1. The first-order chi connectivity index (χ1) is 9.76. The van der Waals surface area contributed by atoms with E-state index in [9.17, 15) is 28.8 Å². The number of fused-ring (bicyclic) bond motifs is 1. The first-order valence-electron chi connectivity index (χ1n) is 7.49. The van der Waals surface area contributed by atoms with Gasteiger partial charge in [0, 0.05) is 16.8 Å². The van der Waals surface area contributed by atoms with E-state index in [1.165, 1.54) is 0 Å². The molecule has 3 aliphatic carbocycles. The molecule has 2 bridgehead atoms. The molecule has 0 aromatic rings. The Bertz CT molecular complexity index is 489. The number of carboxylic acid groups (broad SMARTS) is 1. The van der Waals surface area contributed by atoms with Crippen molar-refractivity contribution in [2.45, 2.75) is 38.5 Å². The molecule has 7 heteroatoms. The summed E-state index contributed by atoms with van der Waals surface area (Å²) in [6.07, 6.45) is 1.35. The van der Waals surface area contributed by atoms with E-state index in [0.717, 1.165) is 0 Å². The van der Waals surface area contributed by atoms with Gasteiger partial charge in [-0.25, -0.2) is 8.78 Å². The fourth-order valence-corrected chi connectivity index (χ4v) is 5.75. The molecule has 3 saturated carbocycles. The minimum absolute atomic E-state index is 0.242. The van der Waals surface area contributed by atoms with Gasteiger partial charge in [0.1, 0.15) is 0 Å². The average Bonchev–Trinajstić information content (AvgIpc) is 2.56. The molecule has 3 fully saturated rings. The summed E-state index contributed by atoms with van der Waals surface area (Å²) in [5.74, 6) is -7.37. The monoisotopic (exact) mass is 303 g/mol. The van der Waals surface area contributed by atoms with E-state index in [2.05, 4.69) is 0 Å². The molecule has 0 heterocycles. The number of alkyl halides is 2. The molecule has 3 rings (SSSR count). The van der Waals surface area contributed by atoms with Gasteiger partial charge in [-0.1, -0.05) is 6.92 Å². The van der Waals surface area contributed by atoms with Crippen molar-refractivity contribution < 1.29 is 23.6 Å². The highest BCUT2D eigenvalue weighted by Gasteiger charge is 2.80. The summed E-state index contributed by atoms with van der Waals surface area (Å²) in [5.41, 5.74) is -1.08. The Morgan fingerprint density at radius 1 is 1.43 bits per heavy atom. The molecule has 0 spiro atoms. The van der Waals surface area contributed by atoms with Gasteiger partial charge in [0.05, 0.1) is 11.3 Å². The Hall–Kier alpha value is -1.27. The Kier molecular flexibility index (Phi) is 3.05. The lowest BCUT2D eigenvalue weighted by Gasteiger charge is -2.61. The third-order valence-electron chi connectivity index (χ3n) is 6.36. The third-order valence-corrected chi connectivity index (χ3v) is 6.36. The predicted molar refractivity (Wildman–Crippen MR) is 68.5 cm³/mol. The SMILES string of the molecule is CCC(C(=O)O)C1(C[N+](=O)[O-])C2CC[C@H]3C[C@@H]1[C@@H]2C3(F)F. The van der Waals surface area contributed by atoms with E-state index >= 15 is 0 Å². The normalized spacial score (nSPS) is 44.0. The molecule has 5 nitrogen and oxygen atoms in total. The fraction of sp³-hybridized carbons (Fsp3) is 0.929. The van der Waals surface area contributed by atoms with Crippen molar-refractivity contribution in [2.75, 3.05) is 6.54 Å². The number of nitrogens with zero attached hydrogens (tertiary/aromatic N) is 1. The van der Waals surface area contributed by atoms with E-state index in [1.54, 1.807) is 6.92 Å². The Labute approximate surface area is 120 Å². The molecule has 0 aromatic heterocycles. The molecule has 1 N–H and O–H groups in total. The molecule has 0 aliphatic heterocycles. The summed E-state index contributed by atoms with van der Waals surface area (Å²) in [4.78, 5) is 22.2. The number of nitro groups is 1. The Morgan fingerprint density at radius 2 is 2.10 bits per heavy atom. The molecular weight excluding hydrogens is 284 g/mol. The van der Waals surface area contributed by atoms with Crippen LogP contribution < -0.4 is 0 Å². The lowest BCUT2D eigenvalue weighted by Crippen LogP contribution is -2.66. The van der Waals surface area contributed by atoms with E-state index in [1.807, 2.05) is 0 Å². The van der Waals surface area contributed by atoms with Gasteiger partial charge in [0.2, 0.25) is 6.54 Å². The Morgan fingerprint density at radius 3 is 2.62 bits per heavy atom. The highest BCUT2D eigenvalue weighted by atomic mass is 19.3. The number of hydrogen-bond acceptors (Lipinski definition) is 3. The van der Waals surface area contributed by atoms with Gasteiger partial charge < -0.3 is 5.11 Å². The number of carbonyl (C=O) groups is 1. The molecule has 6 atom stereocenters. The second-order valence-corrected chi connectivity index (χ2v) is 6.83. The Balaban J connectivity index is 2.04. The van der Waals surface area contributed by atoms with Crippen molar-refractivity contribution in [1.29, 1.82) is 0 Å². The molecule has 21 heavy (non-hydrogen) atoms. The van der Waals surface area contributed by atoms with Crippen molar-refractivity contribution >= 4 is 5.97 Å². The van der Waals surface area contributed by atoms with Gasteiger partial charge in [-0.3, -0.25) is 14.9 Å². The molecule has 0 saturated heterocycles. The smallest absolute Gasteiger partial charge is 0.307 e. The first-order valence-corrected chi connectivity index (χ1v) is 7.49. The van der Waals surface area contributed by atoms with Crippen LogP contribution in [0.5, 0.6) is 0 Å². The minimum atomic E-state index is -2.77. The zero-order valence-corrected chi connectivity index (χ0v) is 11.8. The van der Waals surface area contributed by atoms with E-state index in [0.29, 0.717) is 12.8 Å². The van der Waals surface area contributed by atoms with Crippen LogP contribution in [-0.4, -0.2) is 28.5 Å². The van der Waals surface area contributed by atoms with Gasteiger partial charge >= 0.3 is 5.97 Å². The summed E-state index contributed by atoms with van der Waals surface area (Å²) < 4.78 is 28.5. The van der Waals surface area contributed by atoms with Crippen molar-refractivity contribution in [1.82, 2.24) is 0 Å². The summed E-state index contributed by atoms with van der Waals surface area (Å²) in [5, 5.41) is 20.6. The standard InChI is InChI=1S/C14H19F2NO4/c1-2-8(12(18)19)13(6-17(20)21)9-4-3-7-5-10(13)11(9)14(7,15)16/h7-11H,2-6H2,1H3,(H,18,19)/t7-,8?,9?,10+,11+,13?/m0/s1. The fourth-order valence-electron chi connectivity index (χ4n) is 5.75. The molecule has 3 aliphatic rings. The summed E-state index contributed by atoms with van der Waals surface area (Å²) in [6, 6.07) is 0. The van der Waals surface area contributed by atoms with Crippen LogP contribution in [0.1, 0.15) is 32.6 Å². The van der Waals surface area contributed by atoms with Gasteiger partial charge in [0.25, 0.3) is 5.92 Å². The van der Waals surface area contributed by atoms with Gasteiger partial charge in [-0.05, 0) is 37.5 Å². The summed E-state index contributed by atoms with van der Waals surface area (Å²) in [7, 11) is 0. The molecule has 3 unspecified atom stereocenters. The maximum absolute atomic E-state index is 14.3. The lowest BCUT2D eigenvalue weighted by molar-refractivity contribution is -0.517. The topological polar surface area (TPSA) is 80.4 Å². The molecular formula is C14H19F2NO4. The average molecular weight is 303 g/mol. The number of halogens is 2. The highest BCUT2D eigenvalue weighted by Crippen LogP contribution is 2.76. The summed E-state index contributed by atoms with van der Waals surface area (Å²) >= 11 is 0. The first kappa shape index (κ1) is 14.7. The third kappa shape index (κ3) is 1.63. The maximum Gasteiger partial charge on any atom is 0.307 e. The van der Waals surface area contributed by atoms with Crippen LogP contribution in [0.25, 0.3) is 0 Å². The zero-order chi connectivity index (χ0) is 15.6. The van der Waals surface area contributed by atoms with Crippen LogP contribution >= 0.6 is 0 Å². The van der Waals surface area contributed by atoms with Crippen LogP contribution in [0, 0.1) is 45.1 Å². The van der Waals surface area contributed by atoms with Crippen molar-refractivity contribution in [2.24, 2.45) is 35.0 Å². The van der Waals surface area contributed by atoms with Crippen molar-refractivity contribution in [3.63, 3.8) is 0 Å². The quantitative estimate of drug-likeness (QED) is 0.625. The number of aliphatic carboxylic acids is 1. The van der Waals surface area contributed by atoms with Gasteiger partial charge in [0.15, 0.2) is 0 Å². The summed E-state index contributed by atoms with van der Waals surface area (Å²) in [6.45, 7) is 1.18. The van der Waals surface area contributed by atoms with Crippen LogP contribution in [0.15, 0.2) is 0 Å². The van der Waals surface area contributed by atoms with E-state index < -0.39 is 58.4 Å². The molecule has 118 valence electrons. The van der Waals surface area contributed by atoms with E-state index in [-0.39, 0.29) is 12.8 Å². The van der Waals surface area contributed by atoms with Crippen LogP contribution in [0.4, 0.5) is 8.78 Å². The van der Waals surface area contributed by atoms with Crippen molar-refractivity contribution in [3.05, 3.63) is 10.1 Å². The predicted octanol–water partition coefficient (Wildman–Crippen LogP) is 2.67. The van der Waals surface area contributed by atoms with Gasteiger partial charge in [-0.2, -0.15) is 0 Å². The second-order valence-electron chi connectivity index (χ2n) is 6.83. The highest BCUT2D eigenvalue weighted by molar-refractivity contribution is 5.71. The number of rotatable bonds is 5. The van der Waals surface area contributed by atoms with Crippen molar-refractivity contribution in [3.8, 4) is 0 Å². The van der Waals surface area contributed by atoms with E-state index in [4.69, 9.17) is 0 Å². The zero-order valence-electron chi connectivity index (χ0n) is 11.8. The maximum atomic E-state index is 14.3. The van der Waals surface area contributed by atoms with Crippen LogP contribution in [0.3, 0.4) is 0 Å².